The molecule has 1 N–H and O–H groups in total. The second kappa shape index (κ2) is 5.73. The topological polar surface area (TPSA) is 77.9 Å². The summed E-state index contributed by atoms with van der Waals surface area (Å²) in [6, 6.07) is 6.30. The molecular formula is C14H16N2O4. The highest BCUT2D eigenvalue weighted by Crippen LogP contribution is 2.20. The van der Waals surface area contributed by atoms with Gasteiger partial charge in [-0.1, -0.05) is 12.1 Å². The van der Waals surface area contributed by atoms with Gasteiger partial charge in [-0.2, -0.15) is 0 Å². The third-order valence-corrected chi connectivity index (χ3v) is 3.37. The second-order valence-electron chi connectivity index (χ2n) is 4.69. The summed E-state index contributed by atoms with van der Waals surface area (Å²) in [7, 11) is 1.52. The molecule has 2 rings (SSSR count). The lowest BCUT2D eigenvalue weighted by Gasteiger charge is -2.22. The third kappa shape index (κ3) is 2.79. The molecule has 1 heterocycles. The molecule has 0 bridgehead atoms. The molecular weight excluding hydrogens is 260 g/mol. The molecule has 1 aliphatic rings. The molecule has 0 spiro atoms. The largest absolute Gasteiger partial charge is 0.478 e. The van der Waals surface area contributed by atoms with E-state index in [1.807, 2.05) is 0 Å². The van der Waals surface area contributed by atoms with E-state index in [1.165, 1.54) is 22.9 Å². The van der Waals surface area contributed by atoms with E-state index in [2.05, 4.69) is 0 Å². The fourth-order valence-corrected chi connectivity index (χ4v) is 2.22. The maximum absolute atomic E-state index is 12.2. The van der Waals surface area contributed by atoms with Crippen LogP contribution < -0.4 is 4.90 Å². The molecule has 0 radical (unpaired) electrons. The van der Waals surface area contributed by atoms with Crippen molar-refractivity contribution < 1.29 is 19.5 Å². The Morgan fingerprint density at radius 1 is 1.35 bits per heavy atom. The number of para-hydroxylation sites is 1. The van der Waals surface area contributed by atoms with E-state index in [0.29, 0.717) is 18.7 Å². The van der Waals surface area contributed by atoms with Crippen molar-refractivity contribution in [2.24, 2.45) is 0 Å². The minimum atomic E-state index is -1.09. The Labute approximate surface area is 116 Å². The van der Waals surface area contributed by atoms with Crippen LogP contribution >= 0.6 is 0 Å². The molecule has 1 fully saturated rings. The van der Waals surface area contributed by atoms with Crippen LogP contribution in [0.15, 0.2) is 24.3 Å². The van der Waals surface area contributed by atoms with Gasteiger partial charge in [0.2, 0.25) is 11.8 Å². The van der Waals surface area contributed by atoms with E-state index in [9.17, 15) is 14.4 Å². The van der Waals surface area contributed by atoms with Crippen LogP contribution in [-0.4, -0.2) is 47.9 Å². The van der Waals surface area contributed by atoms with Crippen LogP contribution in [-0.2, 0) is 9.59 Å². The number of amides is 2. The molecule has 2 amide bonds. The summed E-state index contributed by atoms with van der Waals surface area (Å²) in [6.45, 7) is 0.572. The zero-order valence-corrected chi connectivity index (χ0v) is 11.2. The summed E-state index contributed by atoms with van der Waals surface area (Å²) in [5.41, 5.74) is 0.396. The van der Waals surface area contributed by atoms with Gasteiger partial charge >= 0.3 is 5.97 Å². The predicted molar refractivity (Wildman–Crippen MR) is 72.6 cm³/mol. The number of anilines is 1. The summed E-state index contributed by atoms with van der Waals surface area (Å²) in [6.07, 6.45) is 1.24. The molecule has 1 saturated heterocycles. The molecule has 6 nitrogen and oxygen atoms in total. The van der Waals surface area contributed by atoms with Crippen molar-refractivity contribution in [3.8, 4) is 0 Å². The van der Waals surface area contributed by atoms with Gasteiger partial charge in [-0.3, -0.25) is 9.59 Å². The van der Waals surface area contributed by atoms with Crippen molar-refractivity contribution in [3.63, 3.8) is 0 Å². The summed E-state index contributed by atoms with van der Waals surface area (Å²) in [5.74, 6) is -1.41. The maximum atomic E-state index is 12.2. The smallest absolute Gasteiger partial charge is 0.337 e. The fourth-order valence-electron chi connectivity index (χ4n) is 2.22. The van der Waals surface area contributed by atoms with Gasteiger partial charge in [0, 0.05) is 20.0 Å². The Balaban J connectivity index is 2.14. The number of aromatic carboxylic acids is 1. The average molecular weight is 276 g/mol. The number of rotatable bonds is 4. The van der Waals surface area contributed by atoms with E-state index in [4.69, 9.17) is 5.11 Å². The first-order valence-corrected chi connectivity index (χ1v) is 6.37. The van der Waals surface area contributed by atoms with Crippen LogP contribution in [0.4, 0.5) is 5.69 Å². The molecule has 0 aromatic heterocycles. The highest BCUT2D eigenvalue weighted by molar-refractivity contribution is 6.03. The van der Waals surface area contributed by atoms with Gasteiger partial charge in [0.15, 0.2) is 0 Å². The molecule has 106 valence electrons. The first kappa shape index (κ1) is 14.0. The third-order valence-electron chi connectivity index (χ3n) is 3.37. The van der Waals surface area contributed by atoms with Crippen LogP contribution in [0.5, 0.6) is 0 Å². The number of benzene rings is 1. The predicted octanol–water partition coefficient (Wildman–Crippen LogP) is 0.970. The number of hydrogen-bond donors (Lipinski definition) is 1. The zero-order valence-electron chi connectivity index (χ0n) is 11.2. The number of carboxylic acids is 1. The van der Waals surface area contributed by atoms with Gasteiger partial charge in [-0.25, -0.2) is 4.79 Å². The highest BCUT2D eigenvalue weighted by Gasteiger charge is 2.25. The Morgan fingerprint density at radius 2 is 2.05 bits per heavy atom. The van der Waals surface area contributed by atoms with Crippen molar-refractivity contribution in [1.29, 1.82) is 0 Å². The van der Waals surface area contributed by atoms with Crippen molar-refractivity contribution in [3.05, 3.63) is 29.8 Å². The lowest BCUT2D eigenvalue weighted by Crippen LogP contribution is -2.39. The summed E-state index contributed by atoms with van der Waals surface area (Å²) in [4.78, 5) is 37.6. The lowest BCUT2D eigenvalue weighted by atomic mass is 10.1. The molecule has 20 heavy (non-hydrogen) atoms. The molecule has 6 heteroatoms. The minimum Gasteiger partial charge on any atom is -0.478 e. The fraction of sp³-hybridized carbons (Fsp3) is 0.357. The summed E-state index contributed by atoms with van der Waals surface area (Å²) < 4.78 is 0. The van der Waals surface area contributed by atoms with Crippen LogP contribution in [0.25, 0.3) is 0 Å². The Morgan fingerprint density at radius 3 is 2.65 bits per heavy atom. The first-order valence-electron chi connectivity index (χ1n) is 6.37. The number of carbonyl (C=O) groups excluding carboxylic acids is 2. The standard InChI is InChI=1S/C14H16N2O4/c1-15(11-6-3-2-5-10(11)14(19)20)13(18)9-16-8-4-7-12(16)17/h2-3,5-6H,4,7-9H2,1H3,(H,19,20). The molecule has 0 atom stereocenters. The van der Waals surface area contributed by atoms with Crippen molar-refractivity contribution in [1.82, 2.24) is 4.90 Å². The van der Waals surface area contributed by atoms with E-state index < -0.39 is 5.97 Å². The van der Waals surface area contributed by atoms with Crippen LogP contribution in [0.2, 0.25) is 0 Å². The average Bonchev–Trinajstić information content (AvgIpc) is 2.83. The van der Waals surface area contributed by atoms with Crippen molar-refractivity contribution >= 4 is 23.5 Å². The number of hydrogen-bond acceptors (Lipinski definition) is 3. The minimum absolute atomic E-state index is 0.0106. The molecule has 0 aliphatic carbocycles. The van der Waals surface area contributed by atoms with E-state index >= 15 is 0 Å². The number of carbonyl (C=O) groups is 3. The molecule has 1 aliphatic heterocycles. The van der Waals surface area contributed by atoms with E-state index in [1.54, 1.807) is 18.2 Å². The van der Waals surface area contributed by atoms with Crippen molar-refractivity contribution in [2.75, 3.05) is 25.0 Å². The first-order chi connectivity index (χ1) is 9.50. The van der Waals surface area contributed by atoms with E-state index in [-0.39, 0.29) is 23.9 Å². The quantitative estimate of drug-likeness (QED) is 0.888. The number of likely N-dealkylation sites (tertiary alicyclic amines) is 1. The monoisotopic (exact) mass is 276 g/mol. The highest BCUT2D eigenvalue weighted by atomic mass is 16.4. The van der Waals surface area contributed by atoms with Gasteiger partial charge < -0.3 is 14.9 Å². The van der Waals surface area contributed by atoms with Gasteiger partial charge in [-0.15, -0.1) is 0 Å². The number of carboxylic acid groups (broad SMARTS) is 1. The van der Waals surface area contributed by atoms with Crippen molar-refractivity contribution in [2.45, 2.75) is 12.8 Å². The molecule has 0 saturated carbocycles. The summed E-state index contributed by atoms with van der Waals surface area (Å²) >= 11 is 0. The van der Waals surface area contributed by atoms with Gasteiger partial charge in [0.05, 0.1) is 11.3 Å². The van der Waals surface area contributed by atoms with Crippen LogP contribution in [0, 0.1) is 0 Å². The Bertz CT molecular complexity index is 556. The van der Waals surface area contributed by atoms with Gasteiger partial charge in [-0.05, 0) is 18.6 Å². The van der Waals surface area contributed by atoms with E-state index in [0.717, 1.165) is 6.42 Å². The molecule has 1 aromatic carbocycles. The van der Waals surface area contributed by atoms with Gasteiger partial charge in [0.1, 0.15) is 6.54 Å². The molecule has 0 unspecified atom stereocenters. The second-order valence-corrected chi connectivity index (χ2v) is 4.69. The lowest BCUT2D eigenvalue weighted by molar-refractivity contribution is -0.132. The van der Waals surface area contributed by atoms with Gasteiger partial charge in [0.25, 0.3) is 0 Å². The Kier molecular flexibility index (Phi) is 4.02. The van der Waals surface area contributed by atoms with Crippen LogP contribution in [0.1, 0.15) is 23.2 Å². The summed E-state index contributed by atoms with van der Waals surface area (Å²) in [5, 5.41) is 9.12. The number of likely N-dealkylation sites (N-methyl/N-ethyl adjacent to an activating group) is 1. The SMILES string of the molecule is CN(C(=O)CN1CCCC1=O)c1ccccc1C(=O)O. The maximum Gasteiger partial charge on any atom is 0.337 e. The number of nitrogens with zero attached hydrogens (tertiary/aromatic N) is 2. The zero-order chi connectivity index (χ0) is 14.7. The van der Waals surface area contributed by atoms with Crippen LogP contribution in [0.3, 0.4) is 0 Å². The molecule has 1 aromatic rings. The Hall–Kier alpha value is -2.37. The normalized spacial score (nSPS) is 14.4.